The molecule has 1 heteroatoms. The fourth-order valence-corrected chi connectivity index (χ4v) is 2.77. The Kier molecular flexibility index (Phi) is 7.15. The van der Waals surface area contributed by atoms with Gasteiger partial charge in [0.25, 0.3) is 0 Å². The van der Waals surface area contributed by atoms with Gasteiger partial charge < -0.3 is 5.73 Å². The van der Waals surface area contributed by atoms with Gasteiger partial charge in [-0.1, -0.05) is 71.2 Å². The summed E-state index contributed by atoms with van der Waals surface area (Å²) in [5, 5.41) is 0. The van der Waals surface area contributed by atoms with E-state index in [-0.39, 0.29) is 6.04 Å². The molecule has 0 radical (unpaired) electrons. The van der Waals surface area contributed by atoms with Crippen LogP contribution in [0, 0.1) is 11.8 Å². The van der Waals surface area contributed by atoms with Crippen molar-refractivity contribution in [1.82, 2.24) is 0 Å². The molecule has 2 N–H and O–H groups in total. The lowest BCUT2D eigenvalue weighted by atomic mass is 9.86. The molecule has 0 aromatic heterocycles. The molecule has 0 saturated carbocycles. The predicted octanol–water partition coefficient (Wildman–Crippen LogP) is 5.10. The number of benzene rings is 1. The van der Waals surface area contributed by atoms with Crippen LogP contribution in [0.25, 0.3) is 0 Å². The van der Waals surface area contributed by atoms with Crippen molar-refractivity contribution in [1.29, 1.82) is 0 Å². The van der Waals surface area contributed by atoms with E-state index in [0.29, 0.717) is 11.8 Å². The minimum Gasteiger partial charge on any atom is -0.324 e. The van der Waals surface area contributed by atoms with Gasteiger partial charge in [-0.15, -0.1) is 0 Å². The Morgan fingerprint density at radius 3 is 2.47 bits per heavy atom. The molecular weight excluding hydrogens is 230 g/mol. The number of unbranched alkanes of at least 4 members (excludes halogenated alkanes) is 1. The first-order valence-electron chi connectivity index (χ1n) is 7.92. The van der Waals surface area contributed by atoms with Crippen molar-refractivity contribution < 1.29 is 0 Å². The Balaban J connectivity index is 2.76. The maximum atomic E-state index is 6.49. The molecule has 0 aliphatic heterocycles. The van der Waals surface area contributed by atoms with Gasteiger partial charge in [-0.25, -0.2) is 0 Å². The lowest BCUT2D eigenvalue weighted by molar-refractivity contribution is 0.378. The molecule has 0 heterocycles. The summed E-state index contributed by atoms with van der Waals surface area (Å²) in [5.74, 6) is 1.32. The molecule has 19 heavy (non-hydrogen) atoms. The van der Waals surface area contributed by atoms with Crippen LogP contribution in [-0.2, 0) is 6.42 Å². The SMILES string of the molecule is CCCCC(CC)C(N)c1cccc(CC(C)C)c1. The second-order valence-electron chi connectivity index (χ2n) is 6.18. The van der Waals surface area contributed by atoms with Crippen LogP contribution >= 0.6 is 0 Å². The minimum atomic E-state index is 0.198. The summed E-state index contributed by atoms with van der Waals surface area (Å²) in [6, 6.07) is 9.11. The molecule has 108 valence electrons. The second-order valence-corrected chi connectivity index (χ2v) is 6.18. The van der Waals surface area contributed by atoms with E-state index in [1.807, 2.05) is 0 Å². The number of nitrogens with two attached hydrogens (primary N) is 1. The number of hydrogen-bond donors (Lipinski definition) is 1. The highest BCUT2D eigenvalue weighted by Crippen LogP contribution is 2.27. The van der Waals surface area contributed by atoms with E-state index in [4.69, 9.17) is 5.73 Å². The summed E-state index contributed by atoms with van der Waals surface area (Å²) >= 11 is 0. The van der Waals surface area contributed by atoms with E-state index in [2.05, 4.69) is 52.0 Å². The summed E-state index contributed by atoms with van der Waals surface area (Å²) in [5.41, 5.74) is 9.24. The Hall–Kier alpha value is -0.820. The molecule has 0 aliphatic carbocycles. The van der Waals surface area contributed by atoms with Gasteiger partial charge in [-0.2, -0.15) is 0 Å². The van der Waals surface area contributed by atoms with Gasteiger partial charge in [0.2, 0.25) is 0 Å². The fraction of sp³-hybridized carbons (Fsp3) is 0.667. The lowest BCUT2D eigenvalue weighted by Gasteiger charge is -2.23. The van der Waals surface area contributed by atoms with Gasteiger partial charge in [-0.3, -0.25) is 0 Å². The van der Waals surface area contributed by atoms with Crippen LogP contribution in [0.15, 0.2) is 24.3 Å². The molecule has 0 amide bonds. The second kappa shape index (κ2) is 8.37. The standard InChI is InChI=1S/C18H31N/c1-5-7-10-16(6-2)18(19)17-11-8-9-15(13-17)12-14(3)4/h8-9,11,13-14,16,18H,5-7,10,12,19H2,1-4H3. The van der Waals surface area contributed by atoms with E-state index in [0.717, 1.165) is 6.42 Å². The molecular formula is C18H31N. The van der Waals surface area contributed by atoms with Crippen LogP contribution < -0.4 is 5.73 Å². The zero-order valence-electron chi connectivity index (χ0n) is 13.2. The maximum absolute atomic E-state index is 6.49. The normalized spacial score (nSPS) is 14.6. The highest BCUT2D eigenvalue weighted by Gasteiger charge is 2.17. The summed E-state index contributed by atoms with van der Waals surface area (Å²) in [6.45, 7) is 9.05. The van der Waals surface area contributed by atoms with Crippen molar-refractivity contribution in [2.45, 2.75) is 65.8 Å². The molecule has 0 fully saturated rings. The molecule has 2 unspecified atom stereocenters. The zero-order valence-corrected chi connectivity index (χ0v) is 13.2. The van der Waals surface area contributed by atoms with Crippen LogP contribution in [0.4, 0.5) is 0 Å². The van der Waals surface area contributed by atoms with Crippen LogP contribution in [0.3, 0.4) is 0 Å². The first kappa shape index (κ1) is 16.2. The fourth-order valence-electron chi connectivity index (χ4n) is 2.77. The number of hydrogen-bond acceptors (Lipinski definition) is 1. The molecule has 0 spiro atoms. The average Bonchev–Trinajstić information content (AvgIpc) is 2.39. The average molecular weight is 261 g/mol. The van der Waals surface area contributed by atoms with Crippen molar-refractivity contribution in [2.24, 2.45) is 17.6 Å². The lowest BCUT2D eigenvalue weighted by Crippen LogP contribution is -2.21. The van der Waals surface area contributed by atoms with E-state index in [1.54, 1.807) is 0 Å². The van der Waals surface area contributed by atoms with Crippen LogP contribution in [0.5, 0.6) is 0 Å². The van der Waals surface area contributed by atoms with Crippen molar-refractivity contribution >= 4 is 0 Å². The van der Waals surface area contributed by atoms with Gasteiger partial charge in [0, 0.05) is 6.04 Å². The van der Waals surface area contributed by atoms with E-state index < -0.39 is 0 Å². The molecule has 1 rings (SSSR count). The topological polar surface area (TPSA) is 26.0 Å². The Bertz CT molecular complexity index is 356. The first-order chi connectivity index (χ1) is 9.08. The highest BCUT2D eigenvalue weighted by molar-refractivity contribution is 5.26. The van der Waals surface area contributed by atoms with E-state index >= 15 is 0 Å². The van der Waals surface area contributed by atoms with Gasteiger partial charge >= 0.3 is 0 Å². The van der Waals surface area contributed by atoms with Crippen molar-refractivity contribution in [3.05, 3.63) is 35.4 Å². The Labute approximate surface area is 119 Å². The van der Waals surface area contributed by atoms with Gasteiger partial charge in [0.05, 0.1) is 0 Å². The summed E-state index contributed by atoms with van der Waals surface area (Å²) in [7, 11) is 0. The molecule has 2 atom stereocenters. The Morgan fingerprint density at radius 2 is 1.89 bits per heavy atom. The third kappa shape index (κ3) is 5.36. The smallest absolute Gasteiger partial charge is 0.0323 e. The Morgan fingerprint density at radius 1 is 1.16 bits per heavy atom. The maximum Gasteiger partial charge on any atom is 0.0323 e. The van der Waals surface area contributed by atoms with Crippen molar-refractivity contribution in [3.8, 4) is 0 Å². The molecule has 0 bridgehead atoms. The first-order valence-corrected chi connectivity index (χ1v) is 7.92. The third-order valence-corrected chi connectivity index (χ3v) is 3.94. The molecule has 0 saturated heterocycles. The quantitative estimate of drug-likeness (QED) is 0.692. The van der Waals surface area contributed by atoms with Crippen LogP contribution in [0.2, 0.25) is 0 Å². The highest BCUT2D eigenvalue weighted by atomic mass is 14.6. The van der Waals surface area contributed by atoms with Crippen molar-refractivity contribution in [2.75, 3.05) is 0 Å². The van der Waals surface area contributed by atoms with E-state index in [9.17, 15) is 0 Å². The molecule has 1 aromatic rings. The van der Waals surface area contributed by atoms with Gasteiger partial charge in [0.1, 0.15) is 0 Å². The predicted molar refractivity (Wildman–Crippen MR) is 85.2 cm³/mol. The minimum absolute atomic E-state index is 0.198. The zero-order chi connectivity index (χ0) is 14.3. The third-order valence-electron chi connectivity index (χ3n) is 3.94. The monoisotopic (exact) mass is 261 g/mol. The van der Waals surface area contributed by atoms with E-state index in [1.165, 1.54) is 36.8 Å². The van der Waals surface area contributed by atoms with Crippen LogP contribution in [-0.4, -0.2) is 0 Å². The largest absolute Gasteiger partial charge is 0.324 e. The number of rotatable bonds is 8. The molecule has 0 aliphatic rings. The summed E-state index contributed by atoms with van der Waals surface area (Å²) < 4.78 is 0. The van der Waals surface area contributed by atoms with Gasteiger partial charge in [0.15, 0.2) is 0 Å². The molecule has 1 nitrogen and oxygen atoms in total. The summed E-state index contributed by atoms with van der Waals surface area (Å²) in [6.07, 6.45) is 6.12. The van der Waals surface area contributed by atoms with Crippen LogP contribution in [0.1, 0.15) is 70.5 Å². The summed E-state index contributed by atoms with van der Waals surface area (Å²) in [4.78, 5) is 0. The molecule has 1 aromatic carbocycles. The van der Waals surface area contributed by atoms with Gasteiger partial charge in [-0.05, 0) is 35.8 Å². The van der Waals surface area contributed by atoms with Crippen molar-refractivity contribution in [3.63, 3.8) is 0 Å².